The fraction of sp³-hybridized carbons (Fsp3) is 0.368. The molecule has 1 atom stereocenters. The Hall–Kier alpha value is -2.76. The first kappa shape index (κ1) is 17.1. The van der Waals surface area contributed by atoms with Crippen molar-refractivity contribution in [2.45, 2.75) is 19.4 Å². The largest absolute Gasteiger partial charge is 0.496 e. The number of nitrogens with one attached hydrogen (secondary N) is 1. The van der Waals surface area contributed by atoms with Crippen LogP contribution in [0.1, 0.15) is 28.8 Å². The van der Waals surface area contributed by atoms with Gasteiger partial charge in [0, 0.05) is 25.2 Å². The summed E-state index contributed by atoms with van der Waals surface area (Å²) in [5.41, 5.74) is 1.45. The van der Waals surface area contributed by atoms with Crippen LogP contribution in [-0.2, 0) is 11.3 Å². The summed E-state index contributed by atoms with van der Waals surface area (Å²) in [6.07, 6.45) is 4.52. The zero-order chi connectivity index (χ0) is 17.6. The lowest BCUT2D eigenvalue weighted by atomic mass is 9.96. The van der Waals surface area contributed by atoms with Gasteiger partial charge in [0.25, 0.3) is 5.91 Å². The Kier molecular flexibility index (Phi) is 5.38. The molecule has 0 saturated carbocycles. The van der Waals surface area contributed by atoms with Crippen LogP contribution in [0.2, 0.25) is 0 Å². The normalized spacial score (nSPS) is 17.2. The quantitative estimate of drug-likeness (QED) is 0.906. The Balaban J connectivity index is 1.57. The molecular formula is C19H22N2O4. The van der Waals surface area contributed by atoms with Gasteiger partial charge >= 0.3 is 0 Å². The lowest BCUT2D eigenvalue weighted by molar-refractivity contribution is -0.126. The molecule has 2 heterocycles. The van der Waals surface area contributed by atoms with Crippen molar-refractivity contribution in [3.05, 3.63) is 54.0 Å². The van der Waals surface area contributed by atoms with Gasteiger partial charge < -0.3 is 19.4 Å². The number of methoxy groups -OCH3 is 1. The van der Waals surface area contributed by atoms with Crippen molar-refractivity contribution >= 4 is 11.8 Å². The SMILES string of the molecule is COc1ccccc1CNC(=O)[C@H]1CCCN(C(=O)c2ccoc2)C1. The van der Waals surface area contributed by atoms with Crippen LogP contribution in [0.5, 0.6) is 5.75 Å². The van der Waals surface area contributed by atoms with E-state index in [4.69, 9.17) is 9.15 Å². The number of likely N-dealkylation sites (tertiary alicyclic amines) is 1. The van der Waals surface area contributed by atoms with Crippen LogP contribution in [0, 0.1) is 5.92 Å². The second kappa shape index (κ2) is 7.88. The van der Waals surface area contributed by atoms with Crippen molar-refractivity contribution in [3.8, 4) is 5.75 Å². The van der Waals surface area contributed by atoms with Gasteiger partial charge in [0.15, 0.2) is 0 Å². The standard InChI is InChI=1S/C19H22N2O4/c1-24-17-7-3-2-5-14(17)11-20-18(22)15-6-4-9-21(12-15)19(23)16-8-10-25-13-16/h2-3,5,7-8,10,13,15H,4,6,9,11-12H2,1H3,(H,20,22)/t15-/m0/s1. The van der Waals surface area contributed by atoms with Crippen molar-refractivity contribution in [2.24, 2.45) is 5.92 Å². The molecule has 0 spiro atoms. The summed E-state index contributed by atoms with van der Waals surface area (Å²) in [6, 6.07) is 9.25. The number of ether oxygens (including phenoxy) is 1. The average molecular weight is 342 g/mol. The number of hydrogen-bond donors (Lipinski definition) is 1. The van der Waals surface area contributed by atoms with Crippen molar-refractivity contribution < 1.29 is 18.7 Å². The highest BCUT2D eigenvalue weighted by atomic mass is 16.5. The lowest BCUT2D eigenvalue weighted by Gasteiger charge is -2.31. The molecule has 2 amide bonds. The fourth-order valence-electron chi connectivity index (χ4n) is 3.12. The molecule has 25 heavy (non-hydrogen) atoms. The van der Waals surface area contributed by atoms with E-state index in [1.807, 2.05) is 24.3 Å². The molecule has 1 aliphatic rings. The number of carbonyl (C=O) groups is 2. The van der Waals surface area contributed by atoms with E-state index in [0.29, 0.717) is 25.2 Å². The highest BCUT2D eigenvalue weighted by Crippen LogP contribution is 2.20. The summed E-state index contributed by atoms with van der Waals surface area (Å²) >= 11 is 0. The van der Waals surface area contributed by atoms with Crippen LogP contribution in [-0.4, -0.2) is 36.9 Å². The van der Waals surface area contributed by atoms with Crippen LogP contribution in [0.4, 0.5) is 0 Å². The predicted molar refractivity (Wildman–Crippen MR) is 92.2 cm³/mol. The van der Waals surface area contributed by atoms with Gasteiger partial charge in [0.05, 0.1) is 24.9 Å². The number of benzene rings is 1. The molecule has 0 bridgehead atoms. The molecule has 132 valence electrons. The highest BCUT2D eigenvalue weighted by Gasteiger charge is 2.29. The molecule has 2 aromatic rings. The van der Waals surface area contributed by atoms with Gasteiger partial charge in [-0.05, 0) is 25.0 Å². The van der Waals surface area contributed by atoms with Gasteiger partial charge in [0.1, 0.15) is 12.0 Å². The fourth-order valence-corrected chi connectivity index (χ4v) is 3.12. The first-order valence-corrected chi connectivity index (χ1v) is 8.40. The molecule has 1 aromatic heterocycles. The molecule has 1 aromatic carbocycles. The van der Waals surface area contributed by atoms with Gasteiger partial charge in [0.2, 0.25) is 5.91 Å². The van der Waals surface area contributed by atoms with E-state index in [-0.39, 0.29) is 17.7 Å². The van der Waals surface area contributed by atoms with Crippen molar-refractivity contribution in [2.75, 3.05) is 20.2 Å². The monoisotopic (exact) mass is 342 g/mol. The summed E-state index contributed by atoms with van der Waals surface area (Å²) in [6.45, 7) is 1.51. The number of furan rings is 1. The number of carbonyl (C=O) groups excluding carboxylic acids is 2. The first-order chi connectivity index (χ1) is 12.2. The van der Waals surface area contributed by atoms with Crippen LogP contribution in [0.15, 0.2) is 47.3 Å². The van der Waals surface area contributed by atoms with E-state index in [1.165, 1.54) is 12.5 Å². The predicted octanol–water partition coefficient (Wildman–Crippen LogP) is 2.46. The van der Waals surface area contributed by atoms with Gasteiger partial charge in [-0.2, -0.15) is 0 Å². The topological polar surface area (TPSA) is 71.8 Å². The molecule has 6 nitrogen and oxygen atoms in total. The van der Waals surface area contributed by atoms with Crippen molar-refractivity contribution in [1.82, 2.24) is 10.2 Å². The molecule has 0 aliphatic carbocycles. The smallest absolute Gasteiger partial charge is 0.257 e. The summed E-state index contributed by atoms with van der Waals surface area (Å²) in [5, 5.41) is 2.96. The van der Waals surface area contributed by atoms with Crippen LogP contribution < -0.4 is 10.1 Å². The van der Waals surface area contributed by atoms with E-state index >= 15 is 0 Å². The Morgan fingerprint density at radius 1 is 1.32 bits per heavy atom. The second-order valence-electron chi connectivity index (χ2n) is 6.13. The van der Waals surface area contributed by atoms with E-state index in [1.54, 1.807) is 18.1 Å². The first-order valence-electron chi connectivity index (χ1n) is 8.40. The second-order valence-corrected chi connectivity index (χ2v) is 6.13. The van der Waals surface area contributed by atoms with Gasteiger partial charge in [-0.3, -0.25) is 9.59 Å². The average Bonchev–Trinajstić information content (AvgIpc) is 3.20. The number of rotatable bonds is 5. The maximum Gasteiger partial charge on any atom is 0.257 e. The van der Waals surface area contributed by atoms with Gasteiger partial charge in [-0.1, -0.05) is 18.2 Å². The third kappa shape index (κ3) is 4.02. The van der Waals surface area contributed by atoms with Gasteiger partial charge in [-0.25, -0.2) is 0 Å². The summed E-state index contributed by atoms with van der Waals surface area (Å²) in [5.74, 6) is 0.439. The summed E-state index contributed by atoms with van der Waals surface area (Å²) < 4.78 is 10.3. The number of piperidine rings is 1. The summed E-state index contributed by atoms with van der Waals surface area (Å²) in [7, 11) is 1.61. The van der Waals surface area contributed by atoms with E-state index < -0.39 is 0 Å². The molecule has 1 aliphatic heterocycles. The van der Waals surface area contributed by atoms with Crippen LogP contribution in [0.3, 0.4) is 0 Å². The minimum absolute atomic E-state index is 0.0319. The minimum atomic E-state index is -0.195. The molecule has 1 saturated heterocycles. The van der Waals surface area contributed by atoms with Gasteiger partial charge in [-0.15, -0.1) is 0 Å². The molecular weight excluding hydrogens is 320 g/mol. The Morgan fingerprint density at radius 2 is 2.16 bits per heavy atom. The Labute approximate surface area is 146 Å². The number of para-hydroxylation sites is 1. The molecule has 0 unspecified atom stereocenters. The van der Waals surface area contributed by atoms with Crippen molar-refractivity contribution in [1.29, 1.82) is 0 Å². The third-order valence-electron chi connectivity index (χ3n) is 4.49. The van der Waals surface area contributed by atoms with E-state index in [2.05, 4.69) is 5.32 Å². The Morgan fingerprint density at radius 3 is 2.92 bits per heavy atom. The van der Waals surface area contributed by atoms with E-state index in [0.717, 1.165) is 24.2 Å². The minimum Gasteiger partial charge on any atom is -0.496 e. The maximum atomic E-state index is 12.5. The molecule has 1 fully saturated rings. The molecule has 6 heteroatoms. The molecule has 3 rings (SSSR count). The van der Waals surface area contributed by atoms with E-state index in [9.17, 15) is 9.59 Å². The number of amides is 2. The Bertz CT molecular complexity index is 727. The molecule has 1 N–H and O–H groups in total. The maximum absolute atomic E-state index is 12.5. The van der Waals surface area contributed by atoms with Crippen LogP contribution >= 0.6 is 0 Å². The third-order valence-corrected chi connectivity index (χ3v) is 4.49. The van der Waals surface area contributed by atoms with Crippen LogP contribution in [0.25, 0.3) is 0 Å². The number of nitrogens with zero attached hydrogens (tertiary/aromatic N) is 1. The zero-order valence-corrected chi connectivity index (χ0v) is 14.2. The molecule has 0 radical (unpaired) electrons. The zero-order valence-electron chi connectivity index (χ0n) is 14.2. The lowest BCUT2D eigenvalue weighted by Crippen LogP contribution is -2.45. The summed E-state index contributed by atoms with van der Waals surface area (Å²) in [4.78, 5) is 26.7. The van der Waals surface area contributed by atoms with Crippen molar-refractivity contribution in [3.63, 3.8) is 0 Å². The number of hydrogen-bond acceptors (Lipinski definition) is 4. The highest BCUT2D eigenvalue weighted by molar-refractivity contribution is 5.94.